The van der Waals surface area contributed by atoms with Crippen LogP contribution in [-0.4, -0.2) is 19.3 Å². The van der Waals surface area contributed by atoms with E-state index in [9.17, 15) is 0 Å². The maximum Gasteiger partial charge on any atom is 0.0601 e. The summed E-state index contributed by atoms with van der Waals surface area (Å²) in [5, 5.41) is 4.41. The molecule has 0 radical (unpaired) electrons. The van der Waals surface area contributed by atoms with Gasteiger partial charge in [-0.15, -0.1) is 0 Å². The third-order valence-corrected chi connectivity index (χ3v) is 3.63. The van der Waals surface area contributed by atoms with E-state index in [0.717, 1.165) is 17.9 Å². The van der Waals surface area contributed by atoms with Crippen molar-refractivity contribution in [3.63, 3.8) is 0 Å². The van der Waals surface area contributed by atoms with Crippen LogP contribution in [0.2, 0.25) is 5.02 Å². The fourth-order valence-corrected chi connectivity index (χ4v) is 2.46. The Morgan fingerprint density at radius 3 is 2.69 bits per heavy atom. The van der Waals surface area contributed by atoms with E-state index in [1.54, 1.807) is 7.11 Å². The molecule has 1 aliphatic carbocycles. The average Bonchev–Trinajstić information content (AvgIpc) is 2.23. The highest BCUT2D eigenvalue weighted by atomic mass is 35.5. The summed E-state index contributed by atoms with van der Waals surface area (Å²) in [5.74, 6) is 0. The minimum absolute atomic E-state index is 0.302. The van der Waals surface area contributed by atoms with Gasteiger partial charge in [0.15, 0.2) is 0 Å². The molecule has 1 unspecified atom stereocenters. The molecular formula is C13H18ClNO. The van der Waals surface area contributed by atoms with E-state index in [1.807, 2.05) is 18.2 Å². The van der Waals surface area contributed by atoms with Crippen molar-refractivity contribution in [2.24, 2.45) is 0 Å². The van der Waals surface area contributed by atoms with E-state index in [0.29, 0.717) is 18.2 Å². The second-order valence-electron chi connectivity index (χ2n) is 4.44. The van der Waals surface area contributed by atoms with Gasteiger partial charge >= 0.3 is 0 Å². The number of nitrogens with one attached hydrogen (secondary N) is 1. The highest BCUT2D eigenvalue weighted by Crippen LogP contribution is 2.28. The molecule has 16 heavy (non-hydrogen) atoms. The minimum atomic E-state index is 0.302. The lowest BCUT2D eigenvalue weighted by molar-refractivity contribution is 0.0147. The third-order valence-electron chi connectivity index (χ3n) is 3.29. The van der Waals surface area contributed by atoms with Gasteiger partial charge in [0.05, 0.1) is 6.10 Å². The van der Waals surface area contributed by atoms with Gasteiger partial charge in [-0.25, -0.2) is 0 Å². The summed E-state index contributed by atoms with van der Waals surface area (Å²) in [6, 6.07) is 8.87. The van der Waals surface area contributed by atoms with Crippen molar-refractivity contribution in [1.29, 1.82) is 0 Å². The molecule has 0 spiro atoms. The predicted molar refractivity (Wildman–Crippen MR) is 66.8 cm³/mol. The van der Waals surface area contributed by atoms with Gasteiger partial charge < -0.3 is 10.1 Å². The summed E-state index contributed by atoms with van der Waals surface area (Å²) in [7, 11) is 1.78. The lowest BCUT2D eigenvalue weighted by atomic mass is 9.88. The van der Waals surface area contributed by atoms with Crippen molar-refractivity contribution in [3.8, 4) is 0 Å². The number of hydrogen-bond acceptors (Lipinski definition) is 2. The van der Waals surface area contributed by atoms with Crippen LogP contribution in [0.4, 0.5) is 0 Å². The Balaban J connectivity index is 1.89. The SMILES string of the molecule is COC1CC(NC(C)c2ccccc2Cl)C1. The molecule has 2 nitrogen and oxygen atoms in total. The third kappa shape index (κ3) is 2.57. The highest BCUT2D eigenvalue weighted by Gasteiger charge is 2.30. The molecule has 1 atom stereocenters. The van der Waals surface area contributed by atoms with Crippen molar-refractivity contribution in [3.05, 3.63) is 34.9 Å². The molecule has 0 heterocycles. The predicted octanol–water partition coefficient (Wildman–Crippen LogP) is 3.17. The maximum absolute atomic E-state index is 6.16. The molecule has 1 aromatic carbocycles. The van der Waals surface area contributed by atoms with Crippen LogP contribution >= 0.6 is 11.6 Å². The Bertz CT molecular complexity index is 350. The normalized spacial score (nSPS) is 26.2. The number of halogens is 1. The minimum Gasteiger partial charge on any atom is -0.381 e. The fraction of sp³-hybridized carbons (Fsp3) is 0.538. The summed E-state index contributed by atoms with van der Waals surface area (Å²) in [4.78, 5) is 0. The lowest BCUT2D eigenvalue weighted by Crippen LogP contribution is -2.45. The van der Waals surface area contributed by atoms with Crippen LogP contribution in [0.25, 0.3) is 0 Å². The van der Waals surface area contributed by atoms with Crippen LogP contribution in [0.3, 0.4) is 0 Å². The largest absolute Gasteiger partial charge is 0.381 e. The quantitative estimate of drug-likeness (QED) is 0.872. The van der Waals surface area contributed by atoms with Crippen molar-refractivity contribution in [2.75, 3.05) is 7.11 Å². The zero-order valence-electron chi connectivity index (χ0n) is 9.74. The average molecular weight is 240 g/mol. The number of rotatable bonds is 4. The molecule has 0 aliphatic heterocycles. The molecule has 2 rings (SSSR count). The Morgan fingerprint density at radius 1 is 1.38 bits per heavy atom. The number of ether oxygens (including phenoxy) is 1. The number of hydrogen-bond donors (Lipinski definition) is 1. The molecule has 1 fully saturated rings. The van der Waals surface area contributed by atoms with Crippen molar-refractivity contribution < 1.29 is 4.74 Å². The van der Waals surface area contributed by atoms with E-state index >= 15 is 0 Å². The molecule has 0 aromatic heterocycles. The summed E-state index contributed by atoms with van der Waals surface area (Å²) in [5.41, 5.74) is 1.17. The van der Waals surface area contributed by atoms with Crippen LogP contribution < -0.4 is 5.32 Å². The molecular weight excluding hydrogens is 222 g/mol. The van der Waals surface area contributed by atoms with Crippen LogP contribution in [0.1, 0.15) is 31.4 Å². The van der Waals surface area contributed by atoms with Gasteiger partial charge in [-0.1, -0.05) is 29.8 Å². The zero-order valence-corrected chi connectivity index (χ0v) is 10.5. The molecule has 1 aliphatic rings. The van der Waals surface area contributed by atoms with Gasteiger partial charge in [0, 0.05) is 24.2 Å². The van der Waals surface area contributed by atoms with E-state index in [1.165, 1.54) is 5.56 Å². The van der Waals surface area contributed by atoms with Gasteiger partial charge in [0.2, 0.25) is 0 Å². The molecule has 0 bridgehead atoms. The monoisotopic (exact) mass is 239 g/mol. The first-order chi connectivity index (χ1) is 7.70. The zero-order chi connectivity index (χ0) is 11.5. The molecule has 3 heteroatoms. The lowest BCUT2D eigenvalue weighted by Gasteiger charge is -2.37. The van der Waals surface area contributed by atoms with Crippen LogP contribution in [0, 0.1) is 0 Å². The van der Waals surface area contributed by atoms with Gasteiger partial charge in [0.25, 0.3) is 0 Å². The van der Waals surface area contributed by atoms with Crippen LogP contribution in [-0.2, 0) is 4.74 Å². The van der Waals surface area contributed by atoms with Crippen molar-refractivity contribution >= 4 is 11.6 Å². The number of benzene rings is 1. The topological polar surface area (TPSA) is 21.3 Å². The molecule has 0 amide bonds. The first-order valence-corrected chi connectivity index (χ1v) is 6.11. The Labute approximate surface area is 102 Å². The molecule has 1 N–H and O–H groups in total. The standard InChI is InChI=1S/C13H18ClNO/c1-9(12-5-3-4-6-13(12)14)15-10-7-11(8-10)16-2/h3-6,9-11,15H,7-8H2,1-2H3. The van der Waals surface area contributed by atoms with E-state index in [2.05, 4.69) is 18.3 Å². The molecule has 0 saturated heterocycles. The van der Waals surface area contributed by atoms with Gasteiger partial charge in [0.1, 0.15) is 0 Å². The summed E-state index contributed by atoms with van der Waals surface area (Å²) in [6.45, 7) is 2.15. The van der Waals surface area contributed by atoms with Crippen LogP contribution in [0.15, 0.2) is 24.3 Å². The Kier molecular flexibility index (Phi) is 3.85. The van der Waals surface area contributed by atoms with E-state index < -0.39 is 0 Å². The smallest absolute Gasteiger partial charge is 0.0601 e. The second kappa shape index (κ2) is 5.17. The summed E-state index contributed by atoms with van der Waals surface area (Å²) >= 11 is 6.16. The number of methoxy groups -OCH3 is 1. The fourth-order valence-electron chi connectivity index (χ4n) is 2.16. The van der Waals surface area contributed by atoms with Gasteiger partial charge in [-0.2, -0.15) is 0 Å². The Morgan fingerprint density at radius 2 is 2.06 bits per heavy atom. The maximum atomic E-state index is 6.16. The Hall–Kier alpha value is -0.570. The summed E-state index contributed by atoms with van der Waals surface area (Å²) < 4.78 is 5.26. The second-order valence-corrected chi connectivity index (χ2v) is 4.84. The van der Waals surface area contributed by atoms with Crippen molar-refractivity contribution in [1.82, 2.24) is 5.32 Å². The molecule has 1 aromatic rings. The molecule has 88 valence electrons. The first kappa shape index (κ1) is 11.9. The van der Waals surface area contributed by atoms with Gasteiger partial charge in [-0.3, -0.25) is 0 Å². The highest BCUT2D eigenvalue weighted by molar-refractivity contribution is 6.31. The van der Waals surface area contributed by atoms with E-state index in [-0.39, 0.29) is 0 Å². The first-order valence-electron chi connectivity index (χ1n) is 5.74. The molecule has 1 saturated carbocycles. The van der Waals surface area contributed by atoms with Crippen LogP contribution in [0.5, 0.6) is 0 Å². The summed E-state index contributed by atoms with van der Waals surface area (Å²) in [6.07, 6.45) is 2.65. The van der Waals surface area contributed by atoms with Gasteiger partial charge in [-0.05, 0) is 31.4 Å². The van der Waals surface area contributed by atoms with Crippen molar-refractivity contribution in [2.45, 2.75) is 38.0 Å². The van der Waals surface area contributed by atoms with E-state index in [4.69, 9.17) is 16.3 Å².